The van der Waals surface area contributed by atoms with Crippen molar-refractivity contribution in [2.45, 2.75) is 72.0 Å². The highest BCUT2D eigenvalue weighted by Gasteiger charge is 2.22. The lowest BCUT2D eigenvalue weighted by atomic mass is 10.1. The lowest BCUT2D eigenvalue weighted by molar-refractivity contribution is 0.584. The van der Waals surface area contributed by atoms with E-state index in [1.807, 2.05) is 0 Å². The molecule has 20 heavy (non-hydrogen) atoms. The van der Waals surface area contributed by atoms with Crippen molar-refractivity contribution >= 4 is 5.82 Å². The first-order chi connectivity index (χ1) is 9.61. The van der Waals surface area contributed by atoms with Gasteiger partial charge in [-0.3, -0.25) is 0 Å². The Balaban J connectivity index is 2.10. The van der Waals surface area contributed by atoms with Crippen LogP contribution in [0.1, 0.15) is 57.7 Å². The van der Waals surface area contributed by atoms with Crippen molar-refractivity contribution in [3.8, 4) is 0 Å². The molecule has 1 aromatic heterocycles. The monoisotopic (exact) mass is 275 g/mol. The number of aromatic nitrogens is 1. The van der Waals surface area contributed by atoms with Crippen molar-refractivity contribution in [3.05, 3.63) is 23.4 Å². The molecule has 1 fully saturated rings. The van der Waals surface area contributed by atoms with Crippen molar-refractivity contribution < 1.29 is 0 Å². The number of pyridine rings is 1. The first kappa shape index (κ1) is 15.3. The number of nitrogens with zero attached hydrogens (tertiary/aromatic N) is 2. The lowest BCUT2D eigenvalue weighted by Gasteiger charge is -2.29. The molecular formula is C17H29N3. The topological polar surface area (TPSA) is 28.2 Å². The van der Waals surface area contributed by atoms with Crippen LogP contribution in [0.4, 0.5) is 5.82 Å². The average molecular weight is 275 g/mol. The van der Waals surface area contributed by atoms with Crippen molar-refractivity contribution in [3.63, 3.8) is 0 Å². The summed E-state index contributed by atoms with van der Waals surface area (Å²) in [6.07, 6.45) is 5.39. The van der Waals surface area contributed by atoms with Crippen LogP contribution in [-0.2, 0) is 6.54 Å². The summed E-state index contributed by atoms with van der Waals surface area (Å²) in [5, 5.41) is 3.47. The van der Waals surface area contributed by atoms with Crippen molar-refractivity contribution in [1.82, 2.24) is 10.3 Å². The molecule has 0 atom stereocenters. The van der Waals surface area contributed by atoms with E-state index in [4.69, 9.17) is 4.98 Å². The van der Waals surface area contributed by atoms with Gasteiger partial charge in [-0.25, -0.2) is 4.98 Å². The maximum absolute atomic E-state index is 4.85. The van der Waals surface area contributed by atoms with Gasteiger partial charge in [0.15, 0.2) is 0 Å². The van der Waals surface area contributed by atoms with Gasteiger partial charge < -0.3 is 10.2 Å². The fourth-order valence-electron chi connectivity index (χ4n) is 3.06. The molecule has 0 amide bonds. The minimum absolute atomic E-state index is 0.514. The van der Waals surface area contributed by atoms with E-state index in [2.05, 4.69) is 50.0 Å². The molecule has 0 aliphatic heterocycles. The highest BCUT2D eigenvalue weighted by atomic mass is 15.2. The SMILES string of the molecule is CCN(c1ccc(CNC(C)C)c(C)n1)C1CCCC1. The number of aryl methyl sites for hydroxylation is 1. The Kier molecular flexibility index (Phi) is 5.41. The molecule has 0 radical (unpaired) electrons. The molecule has 1 N–H and O–H groups in total. The Morgan fingerprint density at radius 2 is 2.00 bits per heavy atom. The van der Waals surface area contributed by atoms with Crippen molar-refractivity contribution in [2.24, 2.45) is 0 Å². The fourth-order valence-corrected chi connectivity index (χ4v) is 3.06. The normalized spacial score (nSPS) is 16.1. The standard InChI is InChI=1S/C17H29N3/c1-5-20(16-8-6-7-9-16)17-11-10-15(14(4)19-17)12-18-13(2)3/h10-11,13,16,18H,5-9,12H2,1-4H3. The van der Waals surface area contributed by atoms with Gasteiger partial charge >= 0.3 is 0 Å². The fraction of sp³-hybridized carbons (Fsp3) is 0.706. The summed E-state index contributed by atoms with van der Waals surface area (Å²) < 4.78 is 0. The molecule has 1 aromatic rings. The average Bonchev–Trinajstić information content (AvgIpc) is 2.92. The highest BCUT2D eigenvalue weighted by molar-refractivity contribution is 5.43. The van der Waals surface area contributed by atoms with Crippen LogP contribution in [0.15, 0.2) is 12.1 Å². The van der Waals surface area contributed by atoms with E-state index in [1.165, 1.54) is 31.2 Å². The minimum Gasteiger partial charge on any atom is -0.354 e. The van der Waals surface area contributed by atoms with E-state index in [0.717, 1.165) is 24.6 Å². The van der Waals surface area contributed by atoms with Crippen LogP contribution in [-0.4, -0.2) is 23.6 Å². The molecule has 3 nitrogen and oxygen atoms in total. The largest absolute Gasteiger partial charge is 0.354 e. The van der Waals surface area contributed by atoms with Gasteiger partial charge in [0.05, 0.1) is 0 Å². The Morgan fingerprint density at radius 3 is 2.55 bits per heavy atom. The third kappa shape index (κ3) is 3.72. The molecule has 0 spiro atoms. The summed E-state index contributed by atoms with van der Waals surface area (Å²) in [4.78, 5) is 7.34. The maximum atomic E-state index is 4.85. The summed E-state index contributed by atoms with van der Waals surface area (Å²) in [5.41, 5.74) is 2.47. The first-order valence-corrected chi connectivity index (χ1v) is 8.08. The predicted molar refractivity (Wildman–Crippen MR) is 86.2 cm³/mol. The van der Waals surface area contributed by atoms with Gasteiger partial charge in [0, 0.05) is 30.9 Å². The van der Waals surface area contributed by atoms with Crippen molar-refractivity contribution in [1.29, 1.82) is 0 Å². The van der Waals surface area contributed by atoms with Crippen LogP contribution in [0.2, 0.25) is 0 Å². The summed E-state index contributed by atoms with van der Waals surface area (Å²) in [5.74, 6) is 1.16. The number of nitrogens with one attached hydrogen (secondary N) is 1. The van der Waals surface area contributed by atoms with Crippen molar-refractivity contribution in [2.75, 3.05) is 11.4 Å². The number of hydrogen-bond acceptors (Lipinski definition) is 3. The molecule has 1 aliphatic rings. The van der Waals surface area contributed by atoms with Gasteiger partial charge in [-0.15, -0.1) is 0 Å². The van der Waals surface area contributed by atoms with Gasteiger partial charge in [-0.05, 0) is 38.3 Å². The first-order valence-electron chi connectivity index (χ1n) is 8.08. The second-order valence-corrected chi connectivity index (χ2v) is 6.17. The lowest BCUT2D eigenvalue weighted by Crippen LogP contribution is -2.34. The molecule has 1 aliphatic carbocycles. The molecule has 1 heterocycles. The van der Waals surface area contributed by atoms with E-state index in [1.54, 1.807) is 0 Å². The Hall–Kier alpha value is -1.09. The molecule has 0 saturated heterocycles. The quantitative estimate of drug-likeness (QED) is 0.859. The second-order valence-electron chi connectivity index (χ2n) is 6.17. The van der Waals surface area contributed by atoms with E-state index in [9.17, 15) is 0 Å². The molecular weight excluding hydrogens is 246 g/mol. The molecule has 1 saturated carbocycles. The summed E-state index contributed by atoms with van der Waals surface area (Å²) in [7, 11) is 0. The molecule has 112 valence electrons. The zero-order chi connectivity index (χ0) is 14.5. The highest BCUT2D eigenvalue weighted by Crippen LogP contribution is 2.27. The van der Waals surface area contributed by atoms with Crippen LogP contribution in [0.3, 0.4) is 0 Å². The van der Waals surface area contributed by atoms with Crippen LogP contribution in [0.25, 0.3) is 0 Å². The van der Waals surface area contributed by atoms with E-state index < -0.39 is 0 Å². The van der Waals surface area contributed by atoms with E-state index >= 15 is 0 Å². The Morgan fingerprint density at radius 1 is 1.30 bits per heavy atom. The predicted octanol–water partition coefficient (Wildman–Crippen LogP) is 3.66. The Bertz CT molecular complexity index is 422. The van der Waals surface area contributed by atoms with Gasteiger partial charge in [0.1, 0.15) is 5.82 Å². The molecule has 3 heteroatoms. The number of rotatable bonds is 6. The molecule has 0 aromatic carbocycles. The Labute approximate surface area is 123 Å². The summed E-state index contributed by atoms with van der Waals surface area (Å²) in [6, 6.07) is 5.66. The van der Waals surface area contributed by atoms with Crippen LogP contribution < -0.4 is 10.2 Å². The van der Waals surface area contributed by atoms with Gasteiger partial charge in [-0.1, -0.05) is 32.8 Å². The molecule has 0 unspecified atom stereocenters. The van der Waals surface area contributed by atoms with Gasteiger partial charge in [-0.2, -0.15) is 0 Å². The number of hydrogen-bond donors (Lipinski definition) is 1. The third-order valence-electron chi connectivity index (χ3n) is 4.28. The third-order valence-corrected chi connectivity index (χ3v) is 4.28. The summed E-state index contributed by atoms with van der Waals surface area (Å²) >= 11 is 0. The minimum atomic E-state index is 0.514. The van der Waals surface area contributed by atoms with Crippen LogP contribution in [0, 0.1) is 6.92 Å². The second kappa shape index (κ2) is 7.07. The van der Waals surface area contributed by atoms with E-state index in [-0.39, 0.29) is 0 Å². The zero-order valence-electron chi connectivity index (χ0n) is 13.4. The maximum Gasteiger partial charge on any atom is 0.129 e. The summed E-state index contributed by atoms with van der Waals surface area (Å²) in [6.45, 7) is 10.7. The zero-order valence-corrected chi connectivity index (χ0v) is 13.4. The molecule has 0 bridgehead atoms. The smallest absolute Gasteiger partial charge is 0.129 e. The van der Waals surface area contributed by atoms with E-state index in [0.29, 0.717) is 12.1 Å². The van der Waals surface area contributed by atoms with Crippen LogP contribution in [0.5, 0.6) is 0 Å². The molecule has 2 rings (SSSR count). The van der Waals surface area contributed by atoms with Gasteiger partial charge in [0.25, 0.3) is 0 Å². The van der Waals surface area contributed by atoms with Gasteiger partial charge in [0.2, 0.25) is 0 Å². The number of anilines is 1. The van der Waals surface area contributed by atoms with Crippen LogP contribution >= 0.6 is 0 Å².